The molecule has 21 heavy (non-hydrogen) atoms. The van der Waals surface area contributed by atoms with E-state index >= 15 is 0 Å². The number of phenols is 1. The minimum atomic E-state index is -1.27. The standard InChI is InChI=1S/C14H17NO6/c1-7(2)11(6-12(17)18)15-13(19)8-3-9(14(20)21)5-10(16)4-8/h3-5,7,11,16H,6H2,1-2H3,(H,15,19)(H,17,18)(H,20,21)/t11-/m0/s1. The fourth-order valence-corrected chi connectivity index (χ4v) is 1.76. The first-order valence-electron chi connectivity index (χ1n) is 6.30. The molecule has 0 spiro atoms. The number of amides is 1. The minimum Gasteiger partial charge on any atom is -0.508 e. The lowest BCUT2D eigenvalue weighted by Gasteiger charge is -2.20. The average Bonchev–Trinajstić information content (AvgIpc) is 2.36. The molecule has 1 amide bonds. The van der Waals surface area contributed by atoms with Crippen molar-refractivity contribution in [3.05, 3.63) is 29.3 Å². The van der Waals surface area contributed by atoms with Gasteiger partial charge in [0.2, 0.25) is 0 Å². The largest absolute Gasteiger partial charge is 0.508 e. The Kier molecular flexibility index (Phi) is 5.29. The molecule has 0 fully saturated rings. The summed E-state index contributed by atoms with van der Waals surface area (Å²) in [6.45, 7) is 3.53. The Bertz CT molecular complexity index is 567. The Labute approximate surface area is 121 Å². The Morgan fingerprint density at radius 3 is 2.14 bits per heavy atom. The van der Waals surface area contributed by atoms with Gasteiger partial charge in [0.25, 0.3) is 5.91 Å². The number of aromatic hydroxyl groups is 1. The van der Waals surface area contributed by atoms with E-state index in [2.05, 4.69) is 5.32 Å². The third-order valence-corrected chi connectivity index (χ3v) is 2.94. The molecule has 0 bridgehead atoms. The van der Waals surface area contributed by atoms with Gasteiger partial charge >= 0.3 is 11.9 Å². The van der Waals surface area contributed by atoms with Crippen LogP contribution in [-0.4, -0.2) is 39.2 Å². The van der Waals surface area contributed by atoms with Gasteiger partial charge in [-0.2, -0.15) is 0 Å². The Hall–Kier alpha value is -2.57. The zero-order valence-electron chi connectivity index (χ0n) is 11.7. The lowest BCUT2D eigenvalue weighted by Crippen LogP contribution is -2.40. The first-order valence-corrected chi connectivity index (χ1v) is 6.30. The summed E-state index contributed by atoms with van der Waals surface area (Å²) in [6, 6.07) is 2.68. The monoisotopic (exact) mass is 295 g/mol. The number of rotatable bonds is 6. The van der Waals surface area contributed by atoms with Crippen molar-refractivity contribution in [2.45, 2.75) is 26.3 Å². The number of benzene rings is 1. The minimum absolute atomic E-state index is 0.0385. The molecule has 4 N–H and O–H groups in total. The maximum atomic E-state index is 12.1. The fraction of sp³-hybridized carbons (Fsp3) is 0.357. The molecule has 0 radical (unpaired) electrons. The molecule has 0 aliphatic rings. The number of hydrogen-bond acceptors (Lipinski definition) is 4. The number of carboxylic acids is 2. The Morgan fingerprint density at radius 2 is 1.67 bits per heavy atom. The molecule has 0 aliphatic carbocycles. The van der Waals surface area contributed by atoms with Gasteiger partial charge in [0, 0.05) is 11.6 Å². The molecule has 0 saturated carbocycles. The molecule has 7 heteroatoms. The zero-order chi connectivity index (χ0) is 16.2. The number of phenolic OH excluding ortho intramolecular Hbond substituents is 1. The molecular weight excluding hydrogens is 278 g/mol. The summed E-state index contributed by atoms with van der Waals surface area (Å²) >= 11 is 0. The molecular formula is C14H17NO6. The van der Waals surface area contributed by atoms with Crippen LogP contribution in [0.25, 0.3) is 0 Å². The number of hydrogen-bond donors (Lipinski definition) is 4. The Balaban J connectivity index is 2.97. The highest BCUT2D eigenvalue weighted by atomic mass is 16.4. The second kappa shape index (κ2) is 6.74. The quantitative estimate of drug-likeness (QED) is 0.627. The van der Waals surface area contributed by atoms with Crippen LogP contribution in [0, 0.1) is 5.92 Å². The summed E-state index contributed by atoms with van der Waals surface area (Å²) in [7, 11) is 0. The van der Waals surface area contributed by atoms with Crippen LogP contribution in [-0.2, 0) is 4.79 Å². The van der Waals surface area contributed by atoms with Gasteiger partial charge in [0.15, 0.2) is 0 Å². The van der Waals surface area contributed by atoms with Crippen LogP contribution in [0.2, 0.25) is 0 Å². The van der Waals surface area contributed by atoms with Crippen molar-refractivity contribution in [3.63, 3.8) is 0 Å². The molecule has 7 nitrogen and oxygen atoms in total. The van der Waals surface area contributed by atoms with E-state index in [0.29, 0.717) is 0 Å². The van der Waals surface area contributed by atoms with E-state index < -0.39 is 23.9 Å². The van der Waals surface area contributed by atoms with Crippen LogP contribution in [0.5, 0.6) is 5.75 Å². The third-order valence-electron chi connectivity index (χ3n) is 2.94. The van der Waals surface area contributed by atoms with E-state index in [4.69, 9.17) is 10.2 Å². The highest BCUT2D eigenvalue weighted by Gasteiger charge is 2.21. The summed E-state index contributed by atoms with van der Waals surface area (Å²) < 4.78 is 0. The first-order chi connectivity index (χ1) is 9.70. The van der Waals surface area contributed by atoms with Gasteiger partial charge in [-0.15, -0.1) is 0 Å². The van der Waals surface area contributed by atoms with E-state index in [0.717, 1.165) is 18.2 Å². The summed E-state index contributed by atoms with van der Waals surface area (Å²) in [4.78, 5) is 33.7. The summed E-state index contributed by atoms with van der Waals surface area (Å²) in [5.74, 6) is -3.41. The number of aromatic carboxylic acids is 1. The molecule has 1 aromatic carbocycles. The number of carboxylic acid groups (broad SMARTS) is 2. The fourth-order valence-electron chi connectivity index (χ4n) is 1.76. The molecule has 1 atom stereocenters. The van der Waals surface area contributed by atoms with Crippen LogP contribution in [0.3, 0.4) is 0 Å². The summed E-state index contributed by atoms with van der Waals surface area (Å²) in [5, 5.41) is 29.7. The van der Waals surface area contributed by atoms with Gasteiger partial charge in [0.05, 0.1) is 12.0 Å². The molecule has 0 aromatic heterocycles. The van der Waals surface area contributed by atoms with E-state index in [1.807, 2.05) is 0 Å². The summed E-state index contributed by atoms with van der Waals surface area (Å²) in [5.41, 5.74) is -0.261. The normalized spacial score (nSPS) is 12.0. The van der Waals surface area contributed by atoms with Crippen molar-refractivity contribution in [2.24, 2.45) is 5.92 Å². The number of carbonyl (C=O) groups excluding carboxylic acids is 1. The van der Waals surface area contributed by atoms with Gasteiger partial charge in [0.1, 0.15) is 5.75 Å². The van der Waals surface area contributed by atoms with Crippen molar-refractivity contribution in [2.75, 3.05) is 0 Å². The Morgan fingerprint density at radius 1 is 1.10 bits per heavy atom. The van der Waals surface area contributed by atoms with Gasteiger partial charge in [-0.25, -0.2) is 4.79 Å². The van der Waals surface area contributed by atoms with E-state index in [1.54, 1.807) is 13.8 Å². The third kappa shape index (κ3) is 4.79. The molecule has 0 heterocycles. The van der Waals surface area contributed by atoms with Gasteiger partial charge in [-0.05, 0) is 24.1 Å². The van der Waals surface area contributed by atoms with Crippen LogP contribution in [0.15, 0.2) is 18.2 Å². The van der Waals surface area contributed by atoms with Crippen molar-refractivity contribution in [1.82, 2.24) is 5.32 Å². The van der Waals surface area contributed by atoms with Gasteiger partial charge in [-0.1, -0.05) is 13.8 Å². The van der Waals surface area contributed by atoms with Crippen LogP contribution >= 0.6 is 0 Å². The van der Waals surface area contributed by atoms with Crippen LogP contribution < -0.4 is 5.32 Å². The smallest absolute Gasteiger partial charge is 0.335 e. The second-order valence-electron chi connectivity index (χ2n) is 5.00. The molecule has 0 aliphatic heterocycles. The second-order valence-corrected chi connectivity index (χ2v) is 5.00. The SMILES string of the molecule is CC(C)[C@H](CC(=O)O)NC(=O)c1cc(O)cc(C(=O)O)c1. The molecule has 0 unspecified atom stereocenters. The predicted octanol–water partition coefficient (Wildman–Crippen LogP) is 1.32. The molecule has 0 saturated heterocycles. The summed E-state index contributed by atoms with van der Waals surface area (Å²) in [6.07, 6.45) is -0.242. The lowest BCUT2D eigenvalue weighted by atomic mass is 10.00. The van der Waals surface area contributed by atoms with Crippen LogP contribution in [0.4, 0.5) is 0 Å². The highest BCUT2D eigenvalue weighted by molar-refractivity contribution is 5.98. The lowest BCUT2D eigenvalue weighted by molar-refractivity contribution is -0.137. The molecule has 1 aromatic rings. The average molecular weight is 295 g/mol. The highest BCUT2D eigenvalue weighted by Crippen LogP contribution is 2.17. The number of aliphatic carboxylic acids is 1. The number of carbonyl (C=O) groups is 3. The van der Waals surface area contributed by atoms with Crippen molar-refractivity contribution in [3.8, 4) is 5.75 Å². The van der Waals surface area contributed by atoms with Crippen molar-refractivity contribution in [1.29, 1.82) is 0 Å². The topological polar surface area (TPSA) is 124 Å². The van der Waals surface area contributed by atoms with Gasteiger partial charge < -0.3 is 20.6 Å². The number of nitrogens with one attached hydrogen (secondary N) is 1. The maximum Gasteiger partial charge on any atom is 0.335 e. The van der Waals surface area contributed by atoms with E-state index in [1.165, 1.54) is 0 Å². The molecule has 1 rings (SSSR count). The van der Waals surface area contributed by atoms with Crippen LogP contribution in [0.1, 0.15) is 41.0 Å². The van der Waals surface area contributed by atoms with Crippen molar-refractivity contribution >= 4 is 17.8 Å². The van der Waals surface area contributed by atoms with Gasteiger partial charge in [-0.3, -0.25) is 9.59 Å². The van der Waals surface area contributed by atoms with E-state index in [-0.39, 0.29) is 29.2 Å². The van der Waals surface area contributed by atoms with E-state index in [9.17, 15) is 19.5 Å². The van der Waals surface area contributed by atoms with Crippen molar-refractivity contribution < 1.29 is 29.7 Å². The molecule has 114 valence electrons. The predicted molar refractivity (Wildman–Crippen MR) is 73.4 cm³/mol. The zero-order valence-corrected chi connectivity index (χ0v) is 11.7. The maximum absolute atomic E-state index is 12.1. The first kappa shape index (κ1) is 16.5.